The molecule has 0 fully saturated rings. The highest BCUT2D eigenvalue weighted by atomic mass is 15.1. The van der Waals surface area contributed by atoms with Gasteiger partial charge in [0.15, 0.2) is 0 Å². The first-order chi connectivity index (χ1) is 10.7. The van der Waals surface area contributed by atoms with Crippen LogP contribution in [0.2, 0.25) is 0 Å². The van der Waals surface area contributed by atoms with Crippen LogP contribution in [0.25, 0.3) is 27.6 Å². The van der Waals surface area contributed by atoms with Gasteiger partial charge in [-0.15, -0.1) is 0 Å². The summed E-state index contributed by atoms with van der Waals surface area (Å²) in [5.74, 6) is 1.10. The lowest BCUT2D eigenvalue weighted by molar-refractivity contribution is 0.829. The van der Waals surface area contributed by atoms with Crippen LogP contribution >= 0.6 is 0 Å². The normalized spacial score (nSPS) is 11.8. The molecule has 3 heteroatoms. The van der Waals surface area contributed by atoms with Crippen molar-refractivity contribution in [1.29, 1.82) is 0 Å². The Kier molecular flexibility index (Phi) is 2.89. The van der Waals surface area contributed by atoms with Crippen LogP contribution in [0.5, 0.6) is 0 Å². The molecule has 2 heterocycles. The van der Waals surface area contributed by atoms with Crippen molar-refractivity contribution < 1.29 is 0 Å². The van der Waals surface area contributed by atoms with Gasteiger partial charge in [0.25, 0.3) is 0 Å². The van der Waals surface area contributed by atoms with Crippen molar-refractivity contribution in [3.8, 4) is 0 Å². The molecule has 0 spiro atoms. The van der Waals surface area contributed by atoms with E-state index in [9.17, 15) is 0 Å². The third-order valence-electron chi connectivity index (χ3n) is 4.40. The molecule has 110 valence electrons. The van der Waals surface area contributed by atoms with Gasteiger partial charge >= 0.3 is 0 Å². The van der Waals surface area contributed by atoms with E-state index in [1.807, 2.05) is 6.07 Å². The maximum atomic E-state index is 4.91. The zero-order valence-electron chi connectivity index (χ0n) is 13.2. The second-order valence-electron chi connectivity index (χ2n) is 5.99. The van der Waals surface area contributed by atoms with Crippen LogP contribution in [0.15, 0.2) is 36.4 Å². The van der Waals surface area contributed by atoms with Crippen molar-refractivity contribution in [2.75, 3.05) is 0 Å². The zero-order valence-corrected chi connectivity index (χ0v) is 13.2. The first kappa shape index (κ1) is 13.3. The van der Waals surface area contributed by atoms with E-state index in [0.717, 1.165) is 40.7 Å². The lowest BCUT2D eigenvalue weighted by atomic mass is 10.1. The number of rotatable bonds is 2. The van der Waals surface area contributed by atoms with E-state index in [4.69, 9.17) is 9.97 Å². The summed E-state index contributed by atoms with van der Waals surface area (Å²) >= 11 is 0. The predicted molar refractivity (Wildman–Crippen MR) is 91.5 cm³/mol. The first-order valence-corrected chi connectivity index (χ1v) is 7.86. The fourth-order valence-corrected chi connectivity index (χ4v) is 3.12. The molecule has 4 aromatic rings. The van der Waals surface area contributed by atoms with Crippen LogP contribution in [-0.2, 0) is 6.42 Å². The summed E-state index contributed by atoms with van der Waals surface area (Å²) < 4.78 is 2.24. The second-order valence-corrected chi connectivity index (χ2v) is 5.99. The average Bonchev–Trinajstić information content (AvgIpc) is 2.87. The number of imidazole rings is 1. The van der Waals surface area contributed by atoms with Crippen molar-refractivity contribution in [3.05, 3.63) is 53.3 Å². The standard InChI is InChI=1S/C19H19N3/c1-4-7-18-20-15-9-6-5-8-14(15)19-21-16-10-12(2)13(3)11-17(16)22(18)19/h5-6,8-11H,4,7H2,1-3H3. The molecule has 2 aromatic carbocycles. The zero-order chi connectivity index (χ0) is 15.3. The molecule has 3 nitrogen and oxygen atoms in total. The SMILES string of the molecule is CCCc1nc2ccccc2c2nc3cc(C)c(C)cc3n12. The van der Waals surface area contributed by atoms with Crippen molar-refractivity contribution in [3.63, 3.8) is 0 Å². The summed E-state index contributed by atoms with van der Waals surface area (Å²) in [6.45, 7) is 6.49. The molecule has 0 aliphatic heterocycles. The minimum atomic E-state index is 0.958. The van der Waals surface area contributed by atoms with Gasteiger partial charge in [-0.25, -0.2) is 9.97 Å². The van der Waals surface area contributed by atoms with Crippen LogP contribution in [-0.4, -0.2) is 14.4 Å². The summed E-state index contributed by atoms with van der Waals surface area (Å²) in [4.78, 5) is 9.80. The highest BCUT2D eigenvalue weighted by Crippen LogP contribution is 2.27. The fraction of sp³-hybridized carbons (Fsp3) is 0.263. The van der Waals surface area contributed by atoms with Gasteiger partial charge < -0.3 is 0 Å². The van der Waals surface area contributed by atoms with E-state index >= 15 is 0 Å². The summed E-state index contributed by atoms with van der Waals surface area (Å²) in [5.41, 5.74) is 6.85. The van der Waals surface area contributed by atoms with Gasteiger partial charge in [0, 0.05) is 11.8 Å². The molecular formula is C19H19N3. The minimum absolute atomic E-state index is 0.958. The van der Waals surface area contributed by atoms with Crippen LogP contribution in [0.4, 0.5) is 0 Å². The number of hydrogen-bond acceptors (Lipinski definition) is 2. The summed E-state index contributed by atoms with van der Waals surface area (Å²) in [7, 11) is 0. The van der Waals surface area contributed by atoms with Gasteiger partial charge in [-0.1, -0.05) is 19.1 Å². The molecule has 0 N–H and O–H groups in total. The van der Waals surface area contributed by atoms with Crippen molar-refractivity contribution in [1.82, 2.24) is 14.4 Å². The molecule has 4 rings (SSSR count). The lowest BCUT2D eigenvalue weighted by Gasteiger charge is -2.08. The predicted octanol–water partition coefficient (Wildman–Crippen LogP) is 4.61. The van der Waals surface area contributed by atoms with E-state index in [1.54, 1.807) is 0 Å². The van der Waals surface area contributed by atoms with E-state index < -0.39 is 0 Å². The first-order valence-electron chi connectivity index (χ1n) is 7.86. The fourth-order valence-electron chi connectivity index (χ4n) is 3.12. The number of nitrogens with zero attached hydrogens (tertiary/aromatic N) is 3. The third-order valence-corrected chi connectivity index (χ3v) is 4.40. The molecule has 22 heavy (non-hydrogen) atoms. The van der Waals surface area contributed by atoms with Gasteiger partial charge in [-0.2, -0.15) is 0 Å². The smallest absolute Gasteiger partial charge is 0.148 e. The Bertz CT molecular complexity index is 1010. The Morgan fingerprint density at radius 2 is 1.73 bits per heavy atom. The molecule has 0 atom stereocenters. The quantitative estimate of drug-likeness (QED) is 0.539. The molecular weight excluding hydrogens is 270 g/mol. The Morgan fingerprint density at radius 1 is 0.955 bits per heavy atom. The van der Waals surface area contributed by atoms with Gasteiger partial charge in [0.1, 0.15) is 11.5 Å². The van der Waals surface area contributed by atoms with Crippen molar-refractivity contribution >= 4 is 27.6 Å². The number of para-hydroxylation sites is 1. The average molecular weight is 289 g/mol. The molecule has 0 amide bonds. The molecule has 0 aliphatic rings. The Labute approximate surface area is 129 Å². The number of fused-ring (bicyclic) bond motifs is 5. The topological polar surface area (TPSA) is 30.2 Å². The van der Waals surface area contributed by atoms with E-state index in [1.165, 1.54) is 16.6 Å². The second kappa shape index (κ2) is 4.80. The molecule has 0 aliphatic carbocycles. The van der Waals surface area contributed by atoms with E-state index in [2.05, 4.69) is 55.5 Å². The number of aromatic nitrogens is 3. The van der Waals surface area contributed by atoms with Crippen LogP contribution in [0, 0.1) is 13.8 Å². The molecule has 0 saturated carbocycles. The molecule has 2 aromatic heterocycles. The lowest BCUT2D eigenvalue weighted by Crippen LogP contribution is -2.02. The number of benzene rings is 2. The number of aryl methyl sites for hydroxylation is 3. The van der Waals surface area contributed by atoms with Gasteiger partial charge in [-0.3, -0.25) is 4.40 Å². The monoisotopic (exact) mass is 289 g/mol. The van der Waals surface area contributed by atoms with Crippen LogP contribution in [0.3, 0.4) is 0 Å². The molecule has 0 bridgehead atoms. The van der Waals surface area contributed by atoms with Crippen LogP contribution in [0.1, 0.15) is 30.3 Å². The summed E-state index contributed by atoms with van der Waals surface area (Å²) in [6.07, 6.45) is 2.03. The van der Waals surface area contributed by atoms with Crippen molar-refractivity contribution in [2.24, 2.45) is 0 Å². The Balaban J connectivity index is 2.25. The van der Waals surface area contributed by atoms with Gasteiger partial charge in [0.2, 0.25) is 0 Å². The van der Waals surface area contributed by atoms with Gasteiger partial charge in [-0.05, 0) is 55.7 Å². The maximum Gasteiger partial charge on any atom is 0.148 e. The van der Waals surface area contributed by atoms with E-state index in [0.29, 0.717) is 0 Å². The molecule has 0 saturated heterocycles. The molecule has 0 unspecified atom stereocenters. The number of hydrogen-bond donors (Lipinski definition) is 0. The van der Waals surface area contributed by atoms with E-state index in [-0.39, 0.29) is 0 Å². The summed E-state index contributed by atoms with van der Waals surface area (Å²) in [5, 5.41) is 1.12. The highest BCUT2D eigenvalue weighted by molar-refractivity contribution is 5.96. The highest BCUT2D eigenvalue weighted by Gasteiger charge is 2.14. The minimum Gasteiger partial charge on any atom is -0.280 e. The van der Waals surface area contributed by atoms with Crippen molar-refractivity contribution in [2.45, 2.75) is 33.6 Å². The Hall–Kier alpha value is -2.42. The summed E-state index contributed by atoms with van der Waals surface area (Å²) in [6, 6.07) is 12.7. The Morgan fingerprint density at radius 3 is 2.55 bits per heavy atom. The largest absolute Gasteiger partial charge is 0.280 e. The van der Waals surface area contributed by atoms with Gasteiger partial charge in [0.05, 0.1) is 16.6 Å². The van der Waals surface area contributed by atoms with Crippen LogP contribution < -0.4 is 0 Å². The molecule has 0 radical (unpaired) electrons. The maximum absolute atomic E-state index is 4.91. The third kappa shape index (κ3) is 1.82.